The zero-order valence-corrected chi connectivity index (χ0v) is 31.9. The Balaban J connectivity index is 1.33. The van der Waals surface area contributed by atoms with Crippen LogP contribution in [0.2, 0.25) is 0 Å². The van der Waals surface area contributed by atoms with Crippen molar-refractivity contribution in [2.24, 2.45) is 0 Å². The Bertz CT molecular complexity index is 2780. The summed E-state index contributed by atoms with van der Waals surface area (Å²) in [6, 6.07) is 44.9. The van der Waals surface area contributed by atoms with Gasteiger partial charge in [0.05, 0.1) is 22.2 Å². The van der Waals surface area contributed by atoms with Crippen LogP contribution in [0.15, 0.2) is 134 Å². The van der Waals surface area contributed by atoms with E-state index in [0.29, 0.717) is 0 Å². The minimum absolute atomic E-state index is 0.238. The second-order valence-corrected chi connectivity index (χ2v) is 15.9. The van der Waals surface area contributed by atoms with E-state index in [1.807, 2.05) is 6.08 Å². The van der Waals surface area contributed by atoms with Crippen molar-refractivity contribution in [2.45, 2.75) is 59.3 Å². The molecule has 0 bridgehead atoms. The quantitative estimate of drug-likeness (QED) is 0.171. The van der Waals surface area contributed by atoms with Crippen molar-refractivity contribution in [3.63, 3.8) is 0 Å². The minimum Gasteiger partial charge on any atom is -0.309 e. The smallest absolute Gasteiger partial charge is 0.0544 e. The Hall–Kier alpha value is -5.86. The molecule has 1 aliphatic carbocycles. The van der Waals surface area contributed by atoms with E-state index >= 15 is 0 Å². The molecule has 0 saturated carbocycles. The van der Waals surface area contributed by atoms with Crippen molar-refractivity contribution < 1.29 is 0 Å². The van der Waals surface area contributed by atoms with Gasteiger partial charge in [0.2, 0.25) is 0 Å². The summed E-state index contributed by atoms with van der Waals surface area (Å²) in [5.41, 5.74) is 18.7. The highest BCUT2D eigenvalue weighted by Gasteiger charge is 2.45. The highest BCUT2D eigenvalue weighted by Crippen LogP contribution is 2.56. The van der Waals surface area contributed by atoms with Crippen LogP contribution in [0.3, 0.4) is 0 Å². The van der Waals surface area contributed by atoms with Crippen LogP contribution in [0.5, 0.6) is 0 Å². The van der Waals surface area contributed by atoms with E-state index in [4.69, 9.17) is 0 Å². The number of aryl methyl sites for hydroxylation is 2. The Morgan fingerprint density at radius 2 is 1.15 bits per heavy atom. The molecule has 0 spiro atoms. The monoisotopic (exact) mass is 686 g/mol. The summed E-state index contributed by atoms with van der Waals surface area (Å²) in [5.74, 6) is 0. The summed E-state index contributed by atoms with van der Waals surface area (Å²) in [5, 5.41) is 3.83. The predicted molar refractivity (Wildman–Crippen MR) is 228 cm³/mol. The molecule has 0 aliphatic heterocycles. The maximum absolute atomic E-state index is 4.43. The largest absolute Gasteiger partial charge is 0.309 e. The van der Waals surface area contributed by atoms with Gasteiger partial charge in [-0.15, -0.1) is 0 Å². The van der Waals surface area contributed by atoms with Crippen molar-refractivity contribution >= 4 is 44.9 Å². The molecule has 2 aromatic heterocycles. The van der Waals surface area contributed by atoms with Gasteiger partial charge in [0.25, 0.3) is 0 Å². The van der Waals surface area contributed by atoms with Crippen LogP contribution in [0.4, 0.5) is 0 Å². The van der Waals surface area contributed by atoms with E-state index in [2.05, 4.69) is 198 Å². The predicted octanol–water partition coefficient (Wildman–Crippen LogP) is 13.7. The van der Waals surface area contributed by atoms with Crippen LogP contribution in [0.1, 0.15) is 79.3 Å². The summed E-state index contributed by atoms with van der Waals surface area (Å²) in [4.78, 5) is 0. The first-order valence-electron chi connectivity index (χ1n) is 18.9. The van der Waals surface area contributed by atoms with E-state index in [-0.39, 0.29) is 10.8 Å². The average Bonchev–Trinajstić information content (AvgIpc) is 3.67. The third kappa shape index (κ3) is 4.58. The molecule has 260 valence electrons. The van der Waals surface area contributed by atoms with Crippen molar-refractivity contribution in [2.75, 3.05) is 0 Å². The molecule has 6 aromatic carbocycles. The zero-order valence-electron chi connectivity index (χ0n) is 31.9. The molecule has 8 aromatic rings. The van der Waals surface area contributed by atoms with Gasteiger partial charge in [-0.2, -0.15) is 0 Å². The lowest BCUT2D eigenvalue weighted by Gasteiger charge is -2.46. The molecule has 0 unspecified atom stereocenters. The number of allylic oxidation sites excluding steroid dienone is 1. The molecule has 0 saturated heterocycles. The standard InChI is InChI=1S/C51H46N2/c1-9-18-39-42(10-2)52(34-20-17-21-35(31-34)53-43-25-15-13-23-37(43)38-24-14-16-26-44(38)53)45-30-29-41-49(47(39)45)51(7,8)40-28-27-33(4)46(48(40)50(41,5)6)36-22-12-11-19-32(36)3/h9-31H,2H2,1,3-8H3/b18-9-. The second kappa shape index (κ2) is 11.8. The fourth-order valence-electron chi connectivity index (χ4n) is 9.73. The third-order valence-corrected chi connectivity index (χ3v) is 12.1. The Kier molecular flexibility index (Phi) is 7.37. The molecule has 53 heavy (non-hydrogen) atoms. The van der Waals surface area contributed by atoms with Crippen LogP contribution in [-0.2, 0) is 10.8 Å². The summed E-state index contributed by atoms with van der Waals surface area (Å²) in [6.45, 7) is 20.8. The zero-order chi connectivity index (χ0) is 36.8. The average molecular weight is 687 g/mol. The summed E-state index contributed by atoms with van der Waals surface area (Å²) in [6.07, 6.45) is 6.51. The Labute approximate surface area is 313 Å². The maximum atomic E-state index is 4.43. The van der Waals surface area contributed by atoms with E-state index < -0.39 is 0 Å². The van der Waals surface area contributed by atoms with Crippen LogP contribution in [-0.4, -0.2) is 9.13 Å². The van der Waals surface area contributed by atoms with Gasteiger partial charge in [0.15, 0.2) is 0 Å². The Morgan fingerprint density at radius 3 is 1.81 bits per heavy atom. The van der Waals surface area contributed by atoms with Crippen LogP contribution < -0.4 is 0 Å². The summed E-state index contributed by atoms with van der Waals surface area (Å²) < 4.78 is 4.83. The first kappa shape index (κ1) is 33.0. The molecule has 2 heteroatoms. The minimum atomic E-state index is -0.267. The van der Waals surface area contributed by atoms with E-state index in [9.17, 15) is 0 Å². The molecule has 0 amide bonds. The number of fused-ring (bicyclic) bond motifs is 7. The molecule has 0 fully saturated rings. The fraction of sp³-hybridized carbons (Fsp3) is 0.176. The van der Waals surface area contributed by atoms with E-state index in [1.54, 1.807) is 0 Å². The summed E-state index contributed by atoms with van der Waals surface area (Å²) in [7, 11) is 0. The van der Waals surface area contributed by atoms with Crippen LogP contribution in [0, 0.1) is 13.8 Å². The normalized spacial score (nSPS) is 14.6. The van der Waals surface area contributed by atoms with Gasteiger partial charge in [-0.05, 0) is 108 Å². The number of rotatable bonds is 5. The fourth-order valence-corrected chi connectivity index (χ4v) is 9.73. The maximum Gasteiger partial charge on any atom is 0.0544 e. The number of nitrogens with zero attached hydrogens (tertiary/aromatic N) is 2. The number of hydrogen-bond donors (Lipinski definition) is 0. The summed E-state index contributed by atoms with van der Waals surface area (Å²) >= 11 is 0. The molecule has 0 radical (unpaired) electrons. The van der Waals surface area contributed by atoms with E-state index in [1.165, 1.54) is 82.8 Å². The lowest BCUT2D eigenvalue weighted by Crippen LogP contribution is -2.37. The first-order valence-corrected chi connectivity index (χ1v) is 18.9. The SMILES string of the molecule is C=Cc1c(/C=C\C)c2c3c(ccc2n1-c1cccc(-n2c4ccccc4c4ccccc42)c1)C(C)(C)c1c(ccc(C)c1-c1ccccc1C)C3(C)C. The van der Waals surface area contributed by atoms with E-state index in [0.717, 1.165) is 17.1 Å². The van der Waals surface area contributed by atoms with Crippen molar-refractivity contribution in [3.8, 4) is 22.5 Å². The Morgan fingerprint density at radius 1 is 0.566 bits per heavy atom. The molecular weight excluding hydrogens is 641 g/mol. The van der Waals surface area contributed by atoms with Crippen molar-refractivity contribution in [1.29, 1.82) is 0 Å². The molecule has 9 rings (SSSR count). The topological polar surface area (TPSA) is 9.86 Å². The van der Waals surface area contributed by atoms with Crippen molar-refractivity contribution in [1.82, 2.24) is 9.13 Å². The number of aromatic nitrogens is 2. The number of benzene rings is 6. The van der Waals surface area contributed by atoms with Gasteiger partial charge in [-0.3, -0.25) is 0 Å². The van der Waals surface area contributed by atoms with Gasteiger partial charge in [0, 0.05) is 43.9 Å². The highest BCUT2D eigenvalue weighted by molar-refractivity contribution is 6.09. The van der Waals surface area contributed by atoms with Gasteiger partial charge in [-0.25, -0.2) is 0 Å². The molecule has 1 aliphatic rings. The lowest BCUT2D eigenvalue weighted by molar-refractivity contribution is 0.526. The van der Waals surface area contributed by atoms with Gasteiger partial charge >= 0.3 is 0 Å². The molecule has 2 nitrogen and oxygen atoms in total. The molecule has 0 N–H and O–H groups in total. The third-order valence-electron chi connectivity index (χ3n) is 12.1. The van der Waals surface area contributed by atoms with Crippen LogP contribution >= 0.6 is 0 Å². The lowest BCUT2D eigenvalue weighted by atomic mass is 9.57. The van der Waals surface area contributed by atoms with Crippen LogP contribution in [0.25, 0.3) is 67.4 Å². The molecule has 0 atom stereocenters. The van der Waals surface area contributed by atoms with Gasteiger partial charge < -0.3 is 9.13 Å². The van der Waals surface area contributed by atoms with Crippen molar-refractivity contribution in [3.05, 3.63) is 179 Å². The second-order valence-electron chi connectivity index (χ2n) is 15.9. The van der Waals surface area contributed by atoms with Gasteiger partial charge in [0.1, 0.15) is 0 Å². The molecule has 2 heterocycles. The first-order chi connectivity index (χ1) is 25.6. The number of hydrogen-bond acceptors (Lipinski definition) is 0. The molecular formula is C51H46N2. The number of para-hydroxylation sites is 2. The highest BCUT2D eigenvalue weighted by atomic mass is 15.0. The van der Waals surface area contributed by atoms with Gasteiger partial charge in [-0.1, -0.05) is 131 Å².